The Balaban J connectivity index is 1.67. The van der Waals surface area contributed by atoms with Crippen LogP contribution in [0.15, 0.2) is 78.9 Å². The number of hydrogen-bond donors (Lipinski definition) is 1. The lowest BCUT2D eigenvalue weighted by atomic mass is 10.0. The molecule has 0 aliphatic heterocycles. The molecular formula is C29H30Cl2N2O2. The Morgan fingerprint density at radius 2 is 1.40 bits per heavy atom. The van der Waals surface area contributed by atoms with Crippen LogP contribution in [-0.2, 0) is 29.0 Å². The fourth-order valence-electron chi connectivity index (χ4n) is 4.66. The molecule has 0 radical (unpaired) electrons. The highest BCUT2D eigenvalue weighted by atomic mass is 35.5. The van der Waals surface area contributed by atoms with Crippen molar-refractivity contribution in [3.63, 3.8) is 0 Å². The van der Waals surface area contributed by atoms with Crippen LogP contribution >= 0.6 is 23.2 Å². The van der Waals surface area contributed by atoms with Gasteiger partial charge < -0.3 is 10.2 Å². The van der Waals surface area contributed by atoms with Gasteiger partial charge in [0.2, 0.25) is 11.8 Å². The minimum absolute atomic E-state index is 0.0212. The van der Waals surface area contributed by atoms with E-state index in [9.17, 15) is 9.59 Å². The first-order valence-corrected chi connectivity index (χ1v) is 12.9. The van der Waals surface area contributed by atoms with E-state index in [1.54, 1.807) is 23.1 Å². The third-order valence-corrected chi connectivity index (χ3v) is 7.27. The quantitative estimate of drug-likeness (QED) is 0.372. The Labute approximate surface area is 217 Å². The largest absolute Gasteiger partial charge is 0.352 e. The summed E-state index contributed by atoms with van der Waals surface area (Å²) in [6.45, 7) is 0.317. The maximum absolute atomic E-state index is 13.8. The highest BCUT2D eigenvalue weighted by molar-refractivity contribution is 6.36. The van der Waals surface area contributed by atoms with Gasteiger partial charge in [-0.15, -0.1) is 0 Å². The monoisotopic (exact) mass is 508 g/mol. The fraction of sp³-hybridized carbons (Fsp3) is 0.310. The van der Waals surface area contributed by atoms with Crippen LogP contribution in [0.25, 0.3) is 0 Å². The van der Waals surface area contributed by atoms with Crippen molar-refractivity contribution in [3.05, 3.63) is 106 Å². The van der Waals surface area contributed by atoms with E-state index in [0.29, 0.717) is 28.6 Å². The van der Waals surface area contributed by atoms with Crippen molar-refractivity contribution in [2.45, 2.75) is 57.2 Å². The minimum Gasteiger partial charge on any atom is -0.352 e. The summed E-state index contributed by atoms with van der Waals surface area (Å²) in [6.07, 6.45) is 4.64. The molecule has 1 aliphatic carbocycles. The van der Waals surface area contributed by atoms with Gasteiger partial charge in [-0.3, -0.25) is 9.59 Å². The topological polar surface area (TPSA) is 49.4 Å². The Morgan fingerprint density at radius 1 is 0.829 bits per heavy atom. The standard InChI is InChI=1S/C29H30Cl2N2O2/c30-25-16-9-17-26(31)24(25)19-28(34)33(20-22-12-5-2-6-13-22)27(18-21-10-3-1-4-11-21)29(35)32-23-14-7-8-15-23/h1-6,9-13,16-17,23,27H,7-8,14-15,18-20H2,(H,32,35). The van der Waals surface area contributed by atoms with E-state index >= 15 is 0 Å². The van der Waals surface area contributed by atoms with Crippen LogP contribution in [0.3, 0.4) is 0 Å². The maximum Gasteiger partial charge on any atom is 0.243 e. The van der Waals surface area contributed by atoms with E-state index in [1.165, 1.54) is 0 Å². The van der Waals surface area contributed by atoms with Gasteiger partial charge in [0.15, 0.2) is 0 Å². The average Bonchev–Trinajstić information content (AvgIpc) is 3.38. The van der Waals surface area contributed by atoms with E-state index in [0.717, 1.165) is 36.8 Å². The van der Waals surface area contributed by atoms with E-state index in [-0.39, 0.29) is 24.3 Å². The minimum atomic E-state index is -0.660. The molecule has 0 bridgehead atoms. The third-order valence-electron chi connectivity index (χ3n) is 6.56. The summed E-state index contributed by atoms with van der Waals surface area (Å²) in [5.74, 6) is -0.304. The number of carbonyl (C=O) groups excluding carboxylic acids is 2. The van der Waals surface area contributed by atoms with Gasteiger partial charge in [-0.2, -0.15) is 0 Å². The van der Waals surface area contributed by atoms with Crippen LogP contribution in [0.1, 0.15) is 42.4 Å². The Morgan fingerprint density at radius 3 is 2.00 bits per heavy atom. The highest BCUT2D eigenvalue weighted by Crippen LogP contribution is 2.26. The molecule has 6 heteroatoms. The number of benzene rings is 3. The van der Waals surface area contributed by atoms with Crippen LogP contribution in [0, 0.1) is 0 Å². The number of rotatable bonds is 9. The number of amides is 2. The van der Waals surface area contributed by atoms with Crippen LogP contribution in [0.5, 0.6) is 0 Å². The summed E-state index contributed by atoms with van der Waals surface area (Å²) in [5, 5.41) is 4.11. The van der Waals surface area contributed by atoms with Gasteiger partial charge in [0.1, 0.15) is 6.04 Å². The van der Waals surface area contributed by atoms with Crippen molar-refractivity contribution in [2.75, 3.05) is 0 Å². The molecule has 1 saturated carbocycles. The molecule has 3 aromatic rings. The molecule has 1 aliphatic rings. The molecule has 1 unspecified atom stereocenters. The third kappa shape index (κ3) is 6.87. The number of nitrogens with zero attached hydrogens (tertiary/aromatic N) is 1. The number of nitrogens with one attached hydrogen (secondary N) is 1. The number of hydrogen-bond acceptors (Lipinski definition) is 2. The van der Waals surface area contributed by atoms with Crippen molar-refractivity contribution >= 4 is 35.0 Å². The van der Waals surface area contributed by atoms with Crippen LogP contribution in [0.2, 0.25) is 10.0 Å². The summed E-state index contributed by atoms with van der Waals surface area (Å²) < 4.78 is 0. The normalized spacial score (nSPS) is 14.5. The highest BCUT2D eigenvalue weighted by Gasteiger charge is 2.32. The second kappa shape index (κ2) is 12.2. The van der Waals surface area contributed by atoms with Crippen molar-refractivity contribution in [2.24, 2.45) is 0 Å². The predicted octanol–water partition coefficient (Wildman–Crippen LogP) is 6.23. The molecule has 35 heavy (non-hydrogen) atoms. The molecule has 0 heterocycles. The maximum atomic E-state index is 13.8. The first kappa shape index (κ1) is 25.3. The number of halogens is 2. The number of carbonyl (C=O) groups is 2. The van der Waals surface area contributed by atoms with Crippen molar-refractivity contribution < 1.29 is 9.59 Å². The van der Waals surface area contributed by atoms with E-state index in [1.807, 2.05) is 60.7 Å². The van der Waals surface area contributed by atoms with E-state index in [2.05, 4.69) is 5.32 Å². The molecule has 1 N–H and O–H groups in total. The molecule has 4 rings (SSSR count). The smallest absolute Gasteiger partial charge is 0.243 e. The van der Waals surface area contributed by atoms with E-state index < -0.39 is 6.04 Å². The van der Waals surface area contributed by atoms with E-state index in [4.69, 9.17) is 23.2 Å². The molecule has 3 aromatic carbocycles. The van der Waals surface area contributed by atoms with Crippen LogP contribution < -0.4 is 5.32 Å². The molecule has 1 atom stereocenters. The van der Waals surface area contributed by atoms with Crippen molar-refractivity contribution in [3.8, 4) is 0 Å². The van der Waals surface area contributed by atoms with Gasteiger partial charge in [0.05, 0.1) is 6.42 Å². The van der Waals surface area contributed by atoms with Gasteiger partial charge in [-0.05, 0) is 41.7 Å². The lowest BCUT2D eigenvalue weighted by Gasteiger charge is -2.32. The van der Waals surface area contributed by atoms with Gasteiger partial charge in [0.25, 0.3) is 0 Å². The fourth-order valence-corrected chi connectivity index (χ4v) is 5.19. The summed E-state index contributed by atoms with van der Waals surface area (Å²) >= 11 is 12.8. The zero-order valence-corrected chi connectivity index (χ0v) is 21.1. The first-order chi connectivity index (χ1) is 17.0. The van der Waals surface area contributed by atoms with Crippen LogP contribution in [0.4, 0.5) is 0 Å². The summed E-state index contributed by atoms with van der Waals surface area (Å²) in [4.78, 5) is 29.2. The summed E-state index contributed by atoms with van der Waals surface area (Å²) in [6, 6.07) is 24.3. The lowest BCUT2D eigenvalue weighted by Crippen LogP contribution is -2.52. The predicted molar refractivity (Wildman–Crippen MR) is 141 cm³/mol. The Hall–Kier alpha value is -2.82. The molecule has 182 valence electrons. The molecule has 0 saturated heterocycles. The van der Waals surface area contributed by atoms with Gasteiger partial charge in [0, 0.05) is 29.1 Å². The lowest BCUT2D eigenvalue weighted by molar-refractivity contribution is -0.141. The zero-order chi connectivity index (χ0) is 24.6. The Bertz CT molecular complexity index is 1110. The summed E-state index contributed by atoms with van der Waals surface area (Å²) in [5.41, 5.74) is 2.53. The second-order valence-electron chi connectivity index (χ2n) is 9.08. The molecule has 2 amide bonds. The molecule has 1 fully saturated rings. The van der Waals surface area contributed by atoms with Crippen molar-refractivity contribution in [1.82, 2.24) is 10.2 Å². The van der Waals surface area contributed by atoms with Crippen molar-refractivity contribution in [1.29, 1.82) is 0 Å². The molecular weight excluding hydrogens is 479 g/mol. The molecule has 0 spiro atoms. The SMILES string of the molecule is O=C(NC1CCCC1)C(Cc1ccccc1)N(Cc1ccccc1)C(=O)Cc1c(Cl)cccc1Cl. The van der Waals surface area contributed by atoms with Gasteiger partial charge in [-0.25, -0.2) is 0 Å². The van der Waals surface area contributed by atoms with Crippen LogP contribution in [-0.4, -0.2) is 28.8 Å². The van der Waals surface area contributed by atoms with Gasteiger partial charge >= 0.3 is 0 Å². The summed E-state index contributed by atoms with van der Waals surface area (Å²) in [7, 11) is 0. The molecule has 0 aromatic heterocycles. The zero-order valence-electron chi connectivity index (χ0n) is 19.6. The second-order valence-corrected chi connectivity index (χ2v) is 9.89. The first-order valence-electron chi connectivity index (χ1n) is 12.1. The van der Waals surface area contributed by atoms with Gasteiger partial charge in [-0.1, -0.05) is 103 Å². The Kier molecular flexibility index (Phi) is 8.84. The molecule has 4 nitrogen and oxygen atoms in total. The average molecular weight is 509 g/mol.